The number of carbonyl (C=O) groups is 1. The lowest BCUT2D eigenvalue weighted by molar-refractivity contribution is -0.137. The van der Waals surface area contributed by atoms with Crippen LogP contribution in [0.5, 0.6) is 0 Å². The van der Waals surface area contributed by atoms with Crippen LogP contribution in [0.1, 0.15) is 22.5 Å². The minimum atomic E-state index is -4.57. The minimum Gasteiger partial charge on any atom is -0.459 e. The zero-order valence-electron chi connectivity index (χ0n) is 18.8. The van der Waals surface area contributed by atoms with Crippen molar-refractivity contribution in [2.75, 3.05) is 5.73 Å². The Kier molecular flexibility index (Phi) is 6.73. The van der Waals surface area contributed by atoms with E-state index in [9.17, 15) is 18.0 Å². The van der Waals surface area contributed by atoms with Gasteiger partial charge in [-0.25, -0.2) is 4.98 Å². The molecule has 0 aliphatic rings. The average Bonchev–Trinajstić information content (AvgIpc) is 3.31. The number of nitrogens with two attached hydrogens (primary N) is 1. The molecule has 5 nitrogen and oxygen atoms in total. The number of amides is 1. The summed E-state index contributed by atoms with van der Waals surface area (Å²) in [4.78, 5) is 16.0. The van der Waals surface area contributed by atoms with Crippen LogP contribution in [0.15, 0.2) is 83.4 Å². The highest BCUT2D eigenvalue weighted by Gasteiger charge is 2.35. The standard InChI is InChI=1S/C27H22F3N3O2/c1-17-2-6-19(7-3-17)20-8-10-22(23(14-20)27(28,29)30)24-11-9-21(35-24)16-33-26(34)13-5-18-4-12-25(31)32-15-18/h2-15H,16H2,1H3,(H2,31,32)(H,33,34)/b13-5+. The molecule has 0 aliphatic carbocycles. The molecule has 0 bridgehead atoms. The van der Waals surface area contributed by atoms with Gasteiger partial charge >= 0.3 is 6.18 Å². The number of alkyl halides is 3. The van der Waals surface area contributed by atoms with Gasteiger partial charge < -0.3 is 15.5 Å². The van der Waals surface area contributed by atoms with Gasteiger partial charge in [0.25, 0.3) is 0 Å². The quantitative estimate of drug-likeness (QED) is 0.322. The predicted molar refractivity (Wildman–Crippen MR) is 129 cm³/mol. The van der Waals surface area contributed by atoms with Crippen LogP contribution in [0.3, 0.4) is 0 Å². The number of anilines is 1. The Morgan fingerprint density at radius 1 is 1.03 bits per heavy atom. The molecule has 1 amide bonds. The Morgan fingerprint density at radius 3 is 2.46 bits per heavy atom. The molecule has 3 N–H and O–H groups in total. The van der Waals surface area contributed by atoms with E-state index in [-0.39, 0.29) is 17.9 Å². The monoisotopic (exact) mass is 477 g/mol. The number of hydrogen-bond acceptors (Lipinski definition) is 4. The average molecular weight is 477 g/mol. The number of pyridine rings is 1. The molecule has 35 heavy (non-hydrogen) atoms. The number of aromatic nitrogens is 1. The number of aryl methyl sites for hydroxylation is 1. The number of furan rings is 1. The maximum Gasteiger partial charge on any atom is 0.417 e. The second kappa shape index (κ2) is 9.89. The molecule has 2 heterocycles. The van der Waals surface area contributed by atoms with Crippen LogP contribution < -0.4 is 11.1 Å². The summed E-state index contributed by atoms with van der Waals surface area (Å²) in [6.07, 6.45) is -0.150. The third-order valence-electron chi connectivity index (χ3n) is 5.31. The summed E-state index contributed by atoms with van der Waals surface area (Å²) in [5.74, 6) is 0.379. The van der Waals surface area contributed by atoms with E-state index in [1.54, 1.807) is 36.4 Å². The van der Waals surface area contributed by atoms with Crippen molar-refractivity contribution in [2.45, 2.75) is 19.6 Å². The summed E-state index contributed by atoms with van der Waals surface area (Å²) in [5.41, 5.74) is 7.54. The fourth-order valence-electron chi connectivity index (χ4n) is 3.46. The van der Waals surface area contributed by atoms with Crippen molar-refractivity contribution in [3.05, 3.63) is 101 Å². The normalized spacial score (nSPS) is 11.7. The van der Waals surface area contributed by atoms with Crippen LogP contribution in [-0.2, 0) is 17.5 Å². The fraction of sp³-hybridized carbons (Fsp3) is 0.111. The lowest BCUT2D eigenvalue weighted by atomic mass is 9.97. The Labute approximate surface area is 200 Å². The van der Waals surface area contributed by atoms with Crippen molar-refractivity contribution < 1.29 is 22.4 Å². The van der Waals surface area contributed by atoms with Crippen LogP contribution >= 0.6 is 0 Å². The van der Waals surface area contributed by atoms with E-state index in [0.29, 0.717) is 28.3 Å². The summed E-state index contributed by atoms with van der Waals surface area (Å²) in [5, 5.41) is 2.64. The van der Waals surface area contributed by atoms with E-state index in [0.717, 1.165) is 11.6 Å². The van der Waals surface area contributed by atoms with E-state index < -0.39 is 17.6 Å². The maximum atomic E-state index is 13.9. The van der Waals surface area contributed by atoms with E-state index in [1.165, 1.54) is 30.5 Å². The summed E-state index contributed by atoms with van der Waals surface area (Å²) in [7, 11) is 0. The first-order valence-corrected chi connectivity index (χ1v) is 10.7. The summed E-state index contributed by atoms with van der Waals surface area (Å²) < 4.78 is 47.3. The molecule has 8 heteroatoms. The van der Waals surface area contributed by atoms with Crippen molar-refractivity contribution in [3.8, 4) is 22.5 Å². The van der Waals surface area contributed by atoms with Crippen molar-refractivity contribution in [3.63, 3.8) is 0 Å². The maximum absolute atomic E-state index is 13.9. The zero-order valence-corrected chi connectivity index (χ0v) is 18.8. The number of hydrogen-bond donors (Lipinski definition) is 2. The Balaban J connectivity index is 1.49. The molecular formula is C27H22F3N3O2. The molecule has 0 atom stereocenters. The molecule has 0 unspecified atom stereocenters. The van der Waals surface area contributed by atoms with Crippen molar-refractivity contribution in [2.24, 2.45) is 0 Å². The second-order valence-electron chi connectivity index (χ2n) is 7.96. The van der Waals surface area contributed by atoms with Crippen LogP contribution in [0.4, 0.5) is 19.0 Å². The lowest BCUT2D eigenvalue weighted by Gasteiger charge is -2.14. The SMILES string of the molecule is Cc1ccc(-c2ccc(-c3ccc(CNC(=O)/C=C/c4ccc(N)nc4)o3)c(C(F)(F)F)c2)cc1. The third kappa shape index (κ3) is 5.97. The van der Waals surface area contributed by atoms with Gasteiger partial charge in [0.15, 0.2) is 0 Å². The fourth-order valence-corrected chi connectivity index (χ4v) is 3.46. The van der Waals surface area contributed by atoms with Gasteiger partial charge in [0.05, 0.1) is 12.1 Å². The largest absolute Gasteiger partial charge is 0.459 e. The topological polar surface area (TPSA) is 81.2 Å². The van der Waals surface area contributed by atoms with Gasteiger partial charge in [-0.05, 0) is 60.0 Å². The Hall–Kier alpha value is -4.33. The van der Waals surface area contributed by atoms with Gasteiger partial charge in [-0.1, -0.05) is 42.0 Å². The van der Waals surface area contributed by atoms with Gasteiger partial charge in [0, 0.05) is 17.8 Å². The molecular weight excluding hydrogens is 455 g/mol. The first kappa shape index (κ1) is 23.8. The van der Waals surface area contributed by atoms with E-state index >= 15 is 0 Å². The first-order valence-electron chi connectivity index (χ1n) is 10.7. The molecule has 2 aromatic heterocycles. The van der Waals surface area contributed by atoms with E-state index in [1.807, 2.05) is 19.1 Å². The van der Waals surface area contributed by atoms with E-state index in [4.69, 9.17) is 10.2 Å². The van der Waals surface area contributed by atoms with Crippen LogP contribution in [0.2, 0.25) is 0 Å². The van der Waals surface area contributed by atoms with Gasteiger partial charge in [-0.15, -0.1) is 0 Å². The van der Waals surface area contributed by atoms with Crippen molar-refractivity contribution >= 4 is 17.8 Å². The van der Waals surface area contributed by atoms with Crippen LogP contribution in [0, 0.1) is 6.92 Å². The van der Waals surface area contributed by atoms with Gasteiger partial charge in [0.1, 0.15) is 17.3 Å². The number of nitrogens with zero attached hydrogens (tertiary/aromatic N) is 1. The van der Waals surface area contributed by atoms with Crippen LogP contribution in [-0.4, -0.2) is 10.9 Å². The molecule has 0 aliphatic heterocycles. The van der Waals surface area contributed by atoms with Crippen molar-refractivity contribution in [1.29, 1.82) is 0 Å². The van der Waals surface area contributed by atoms with Crippen molar-refractivity contribution in [1.82, 2.24) is 10.3 Å². The molecule has 2 aromatic carbocycles. The Morgan fingerprint density at radius 2 is 1.77 bits per heavy atom. The smallest absolute Gasteiger partial charge is 0.417 e. The van der Waals surface area contributed by atoms with Gasteiger partial charge in [-0.3, -0.25) is 4.79 Å². The lowest BCUT2D eigenvalue weighted by Crippen LogP contribution is -2.19. The molecule has 4 rings (SSSR count). The number of nitrogens with one attached hydrogen (secondary N) is 1. The summed E-state index contributed by atoms with van der Waals surface area (Å²) >= 11 is 0. The predicted octanol–water partition coefficient (Wildman–Crippen LogP) is 6.25. The number of carbonyl (C=O) groups excluding carboxylic acids is 1. The highest BCUT2D eigenvalue weighted by Crippen LogP contribution is 2.40. The third-order valence-corrected chi connectivity index (χ3v) is 5.31. The molecule has 4 aromatic rings. The minimum absolute atomic E-state index is 0.0198. The first-order chi connectivity index (χ1) is 16.7. The zero-order chi connectivity index (χ0) is 25.0. The summed E-state index contributed by atoms with van der Waals surface area (Å²) in [6, 6.07) is 17.8. The number of benzene rings is 2. The molecule has 0 saturated carbocycles. The highest BCUT2D eigenvalue weighted by atomic mass is 19.4. The number of rotatable bonds is 6. The summed E-state index contributed by atoms with van der Waals surface area (Å²) in [6.45, 7) is 1.94. The highest BCUT2D eigenvalue weighted by molar-refractivity contribution is 5.91. The molecule has 0 saturated heterocycles. The molecule has 178 valence electrons. The molecule has 0 spiro atoms. The Bertz CT molecular complexity index is 1360. The second-order valence-corrected chi connectivity index (χ2v) is 7.96. The number of halogens is 3. The molecule has 0 fully saturated rings. The van der Waals surface area contributed by atoms with Gasteiger partial charge in [-0.2, -0.15) is 13.2 Å². The molecule has 0 radical (unpaired) electrons. The number of nitrogen functional groups attached to an aromatic ring is 1. The van der Waals surface area contributed by atoms with Crippen LogP contribution in [0.25, 0.3) is 28.5 Å². The van der Waals surface area contributed by atoms with E-state index in [2.05, 4.69) is 10.3 Å². The van der Waals surface area contributed by atoms with Gasteiger partial charge in [0.2, 0.25) is 5.91 Å².